The van der Waals surface area contributed by atoms with Crippen molar-refractivity contribution in [3.63, 3.8) is 0 Å². The summed E-state index contributed by atoms with van der Waals surface area (Å²) in [6, 6.07) is 7.49. The number of furan rings is 1. The minimum atomic E-state index is -0.0232. The molecule has 4 heteroatoms. The van der Waals surface area contributed by atoms with Gasteiger partial charge in [0.1, 0.15) is 5.76 Å². The lowest BCUT2D eigenvalue weighted by Gasteiger charge is -2.22. The fourth-order valence-corrected chi connectivity index (χ4v) is 2.16. The predicted octanol–water partition coefficient (Wildman–Crippen LogP) is 3.37. The molecule has 0 fully saturated rings. The molecule has 3 nitrogen and oxygen atoms in total. The molecule has 0 unspecified atom stereocenters. The van der Waals surface area contributed by atoms with Gasteiger partial charge in [0.05, 0.1) is 12.9 Å². The standard InChI is InChI=1S/C14H16ClNO2/c1-10-11(5-6-18-10)8-16(2)14-4-3-13(15)7-12(14)9-17/h3-7,17H,8-9H2,1-2H3. The maximum absolute atomic E-state index is 9.37. The van der Waals surface area contributed by atoms with E-state index in [2.05, 4.69) is 4.90 Å². The molecule has 1 aromatic carbocycles. The van der Waals surface area contributed by atoms with E-state index in [0.29, 0.717) is 5.02 Å². The van der Waals surface area contributed by atoms with Crippen LogP contribution in [0, 0.1) is 6.92 Å². The van der Waals surface area contributed by atoms with Crippen molar-refractivity contribution in [3.8, 4) is 0 Å². The molecule has 0 aliphatic heterocycles. The van der Waals surface area contributed by atoms with E-state index in [1.54, 1.807) is 12.3 Å². The van der Waals surface area contributed by atoms with E-state index >= 15 is 0 Å². The van der Waals surface area contributed by atoms with Crippen molar-refractivity contribution in [2.75, 3.05) is 11.9 Å². The first-order chi connectivity index (χ1) is 8.61. The Labute approximate surface area is 112 Å². The van der Waals surface area contributed by atoms with Gasteiger partial charge in [0.2, 0.25) is 0 Å². The number of hydrogen-bond acceptors (Lipinski definition) is 3. The Bertz CT molecular complexity index is 536. The number of rotatable bonds is 4. The molecule has 0 atom stereocenters. The Hall–Kier alpha value is -1.45. The zero-order valence-electron chi connectivity index (χ0n) is 10.5. The Morgan fingerprint density at radius 3 is 2.67 bits per heavy atom. The van der Waals surface area contributed by atoms with E-state index in [9.17, 15) is 5.11 Å². The second-order valence-electron chi connectivity index (χ2n) is 4.29. The van der Waals surface area contributed by atoms with Crippen molar-refractivity contribution < 1.29 is 9.52 Å². The largest absolute Gasteiger partial charge is 0.469 e. The summed E-state index contributed by atoms with van der Waals surface area (Å²) in [6.07, 6.45) is 1.69. The highest BCUT2D eigenvalue weighted by Gasteiger charge is 2.10. The molecule has 2 aromatic rings. The topological polar surface area (TPSA) is 36.6 Å². The molecule has 0 spiro atoms. The van der Waals surface area contributed by atoms with Gasteiger partial charge in [-0.1, -0.05) is 11.6 Å². The normalized spacial score (nSPS) is 10.7. The van der Waals surface area contributed by atoms with E-state index in [1.807, 2.05) is 32.2 Å². The molecule has 0 radical (unpaired) electrons. The van der Waals surface area contributed by atoms with Crippen LogP contribution in [0.15, 0.2) is 34.9 Å². The van der Waals surface area contributed by atoms with E-state index in [1.165, 1.54) is 0 Å². The SMILES string of the molecule is Cc1occc1CN(C)c1ccc(Cl)cc1CO. The third kappa shape index (κ3) is 2.68. The quantitative estimate of drug-likeness (QED) is 0.921. The van der Waals surface area contributed by atoms with Gasteiger partial charge in [0.15, 0.2) is 0 Å². The summed E-state index contributed by atoms with van der Waals surface area (Å²) in [5.74, 6) is 0.918. The molecule has 1 heterocycles. The van der Waals surface area contributed by atoms with Gasteiger partial charge in [0.25, 0.3) is 0 Å². The average molecular weight is 266 g/mol. The van der Waals surface area contributed by atoms with Crippen molar-refractivity contribution in [2.45, 2.75) is 20.1 Å². The summed E-state index contributed by atoms with van der Waals surface area (Å²) in [4.78, 5) is 2.07. The molecule has 96 valence electrons. The van der Waals surface area contributed by atoms with Crippen LogP contribution < -0.4 is 4.90 Å². The van der Waals surface area contributed by atoms with Crippen LogP contribution in [0.25, 0.3) is 0 Å². The van der Waals surface area contributed by atoms with E-state index in [0.717, 1.165) is 29.1 Å². The van der Waals surface area contributed by atoms with Crippen LogP contribution in [0.1, 0.15) is 16.9 Å². The Morgan fingerprint density at radius 2 is 2.06 bits per heavy atom. The molecule has 0 saturated carbocycles. The zero-order chi connectivity index (χ0) is 13.1. The van der Waals surface area contributed by atoms with Gasteiger partial charge in [0, 0.05) is 35.4 Å². The molecule has 0 aliphatic rings. The van der Waals surface area contributed by atoms with Crippen LogP contribution in [0.4, 0.5) is 5.69 Å². The van der Waals surface area contributed by atoms with E-state index in [4.69, 9.17) is 16.0 Å². The van der Waals surface area contributed by atoms with Gasteiger partial charge in [-0.15, -0.1) is 0 Å². The zero-order valence-corrected chi connectivity index (χ0v) is 11.2. The number of halogens is 1. The third-order valence-corrected chi connectivity index (χ3v) is 3.23. The van der Waals surface area contributed by atoms with Gasteiger partial charge in [-0.3, -0.25) is 0 Å². The second-order valence-corrected chi connectivity index (χ2v) is 4.73. The number of nitrogens with zero attached hydrogens (tertiary/aromatic N) is 1. The third-order valence-electron chi connectivity index (χ3n) is 3.00. The Morgan fingerprint density at radius 1 is 1.28 bits per heavy atom. The monoisotopic (exact) mass is 265 g/mol. The van der Waals surface area contributed by atoms with Crippen LogP contribution in [0.5, 0.6) is 0 Å². The number of benzene rings is 1. The molecule has 2 rings (SSSR count). The summed E-state index contributed by atoms with van der Waals surface area (Å²) in [5, 5.41) is 10.0. The molecule has 1 N–H and O–H groups in total. The highest BCUT2D eigenvalue weighted by Crippen LogP contribution is 2.25. The van der Waals surface area contributed by atoms with Crippen molar-refractivity contribution in [2.24, 2.45) is 0 Å². The summed E-state index contributed by atoms with van der Waals surface area (Å²) in [6.45, 7) is 2.65. The maximum Gasteiger partial charge on any atom is 0.105 e. The molecular weight excluding hydrogens is 250 g/mol. The second kappa shape index (κ2) is 5.46. The molecule has 0 saturated heterocycles. The molecule has 0 bridgehead atoms. The van der Waals surface area contributed by atoms with E-state index < -0.39 is 0 Å². The molecule has 0 aliphatic carbocycles. The lowest BCUT2D eigenvalue weighted by molar-refractivity contribution is 0.282. The minimum Gasteiger partial charge on any atom is -0.469 e. The summed E-state index contributed by atoms with van der Waals surface area (Å²) >= 11 is 5.92. The van der Waals surface area contributed by atoms with Crippen LogP contribution in [0.2, 0.25) is 5.02 Å². The van der Waals surface area contributed by atoms with Gasteiger partial charge < -0.3 is 14.4 Å². The van der Waals surface area contributed by atoms with Crippen molar-refractivity contribution >= 4 is 17.3 Å². The number of aliphatic hydroxyl groups excluding tert-OH is 1. The summed E-state index contributed by atoms with van der Waals surface area (Å²) in [5.41, 5.74) is 2.94. The number of aliphatic hydroxyl groups is 1. The Kier molecular flexibility index (Phi) is 3.94. The van der Waals surface area contributed by atoms with Gasteiger partial charge in [-0.05, 0) is 31.2 Å². The van der Waals surface area contributed by atoms with Crippen LogP contribution in [-0.4, -0.2) is 12.2 Å². The molecule has 18 heavy (non-hydrogen) atoms. The molecular formula is C14H16ClNO2. The lowest BCUT2D eigenvalue weighted by Crippen LogP contribution is -2.18. The first-order valence-electron chi connectivity index (χ1n) is 5.75. The van der Waals surface area contributed by atoms with Gasteiger partial charge in [-0.2, -0.15) is 0 Å². The van der Waals surface area contributed by atoms with E-state index in [-0.39, 0.29) is 6.61 Å². The minimum absolute atomic E-state index is 0.0232. The summed E-state index contributed by atoms with van der Waals surface area (Å²) < 4.78 is 5.28. The first-order valence-corrected chi connectivity index (χ1v) is 6.13. The number of aryl methyl sites for hydroxylation is 1. The number of anilines is 1. The van der Waals surface area contributed by atoms with Crippen molar-refractivity contribution in [1.29, 1.82) is 0 Å². The lowest BCUT2D eigenvalue weighted by atomic mass is 10.1. The van der Waals surface area contributed by atoms with Crippen molar-refractivity contribution in [3.05, 3.63) is 52.4 Å². The Balaban J connectivity index is 2.23. The summed E-state index contributed by atoms with van der Waals surface area (Å²) in [7, 11) is 1.98. The molecule has 1 aromatic heterocycles. The van der Waals surface area contributed by atoms with Crippen LogP contribution in [-0.2, 0) is 13.2 Å². The van der Waals surface area contributed by atoms with Gasteiger partial charge >= 0.3 is 0 Å². The smallest absolute Gasteiger partial charge is 0.105 e. The predicted molar refractivity (Wildman–Crippen MR) is 72.9 cm³/mol. The van der Waals surface area contributed by atoms with Crippen molar-refractivity contribution in [1.82, 2.24) is 0 Å². The first kappa shape index (κ1) is 13.0. The van der Waals surface area contributed by atoms with Crippen LogP contribution >= 0.6 is 11.6 Å². The average Bonchev–Trinajstić information content (AvgIpc) is 2.74. The highest BCUT2D eigenvalue weighted by molar-refractivity contribution is 6.30. The van der Waals surface area contributed by atoms with Gasteiger partial charge in [-0.25, -0.2) is 0 Å². The fourth-order valence-electron chi connectivity index (χ4n) is 1.97. The fraction of sp³-hybridized carbons (Fsp3) is 0.286. The van der Waals surface area contributed by atoms with Crippen LogP contribution in [0.3, 0.4) is 0 Å². The molecule has 0 amide bonds. The maximum atomic E-state index is 9.37. The highest BCUT2D eigenvalue weighted by atomic mass is 35.5. The number of hydrogen-bond donors (Lipinski definition) is 1.